The molecule has 0 bridgehead atoms. The minimum absolute atomic E-state index is 0.204. The van der Waals surface area contributed by atoms with Crippen LogP contribution >= 0.6 is 31.9 Å². The zero-order chi connectivity index (χ0) is 12.5. The molecule has 1 aromatic carbocycles. The van der Waals surface area contributed by atoms with E-state index in [2.05, 4.69) is 31.9 Å². The molecule has 7 heteroatoms. The molecule has 0 aliphatic rings. The molecule has 88 valence electrons. The summed E-state index contributed by atoms with van der Waals surface area (Å²) in [4.78, 5) is 11.3. The lowest BCUT2D eigenvalue weighted by Gasteiger charge is -2.13. The number of hydrogen-bond donors (Lipinski definition) is 0. The number of hydrogen-bond acceptors (Lipinski definition) is 1. The quantitative estimate of drug-likeness (QED) is 0.437. The summed E-state index contributed by atoms with van der Waals surface area (Å²) in [6.07, 6.45) is -4.77. The molecule has 0 fully saturated rings. The first kappa shape index (κ1) is 13.6. The highest BCUT2D eigenvalue weighted by Crippen LogP contribution is 2.36. The second-order valence-corrected chi connectivity index (χ2v) is 4.28. The van der Waals surface area contributed by atoms with E-state index in [1.54, 1.807) is 0 Å². The Morgan fingerprint density at radius 2 is 1.88 bits per heavy atom. The van der Waals surface area contributed by atoms with Crippen molar-refractivity contribution in [1.29, 1.82) is 0 Å². The molecule has 0 unspecified atom stereocenters. The fourth-order valence-electron chi connectivity index (χ4n) is 1.15. The van der Waals surface area contributed by atoms with E-state index in [9.17, 15) is 22.4 Å². The van der Waals surface area contributed by atoms with Crippen molar-refractivity contribution in [3.63, 3.8) is 0 Å². The van der Waals surface area contributed by atoms with Crippen LogP contribution in [0, 0.1) is 5.82 Å². The Labute approximate surface area is 105 Å². The standard InChI is InChI=1S/C9H4Br2F4O/c10-3-7(16)8-5(9(13,14)15)1-4(12)2-6(8)11/h1-2H,3H2. The van der Waals surface area contributed by atoms with E-state index in [0.717, 1.165) is 6.07 Å². The van der Waals surface area contributed by atoms with E-state index < -0.39 is 28.9 Å². The number of halogens is 6. The van der Waals surface area contributed by atoms with Crippen LogP contribution in [0.25, 0.3) is 0 Å². The van der Waals surface area contributed by atoms with Crippen LogP contribution in [0.1, 0.15) is 15.9 Å². The summed E-state index contributed by atoms with van der Waals surface area (Å²) in [5.41, 5.74) is -1.84. The number of carbonyl (C=O) groups is 1. The minimum atomic E-state index is -4.77. The third kappa shape index (κ3) is 2.82. The second-order valence-electron chi connectivity index (χ2n) is 2.86. The van der Waals surface area contributed by atoms with Crippen LogP contribution in [0.15, 0.2) is 16.6 Å². The Hall–Kier alpha value is -0.430. The molecule has 0 atom stereocenters. The van der Waals surface area contributed by atoms with Gasteiger partial charge in [0.1, 0.15) is 5.82 Å². The minimum Gasteiger partial charge on any atom is -0.293 e. The Bertz CT molecular complexity index is 428. The Kier molecular flexibility index (Phi) is 4.12. The normalized spacial score (nSPS) is 11.6. The molecule has 1 aromatic rings. The second kappa shape index (κ2) is 4.83. The topological polar surface area (TPSA) is 17.1 Å². The van der Waals surface area contributed by atoms with Crippen molar-refractivity contribution in [2.24, 2.45) is 0 Å². The van der Waals surface area contributed by atoms with E-state index in [1.165, 1.54) is 0 Å². The van der Waals surface area contributed by atoms with Gasteiger partial charge in [-0.1, -0.05) is 15.9 Å². The molecule has 0 saturated heterocycles. The van der Waals surface area contributed by atoms with Gasteiger partial charge in [0, 0.05) is 10.0 Å². The molecule has 0 amide bonds. The van der Waals surface area contributed by atoms with Crippen LogP contribution in [0.4, 0.5) is 17.6 Å². The van der Waals surface area contributed by atoms with Gasteiger partial charge in [0.05, 0.1) is 10.9 Å². The van der Waals surface area contributed by atoms with Gasteiger partial charge in [-0.25, -0.2) is 4.39 Å². The predicted octanol–water partition coefficient (Wildman–Crippen LogP) is 4.18. The van der Waals surface area contributed by atoms with E-state index in [1.807, 2.05) is 0 Å². The Balaban J connectivity index is 3.51. The van der Waals surface area contributed by atoms with Crippen molar-refractivity contribution in [1.82, 2.24) is 0 Å². The zero-order valence-corrected chi connectivity index (χ0v) is 10.7. The first-order valence-corrected chi connectivity index (χ1v) is 5.84. The SMILES string of the molecule is O=C(CBr)c1c(Br)cc(F)cc1C(F)(F)F. The van der Waals surface area contributed by atoms with Gasteiger partial charge in [-0.2, -0.15) is 13.2 Å². The van der Waals surface area contributed by atoms with Crippen LogP contribution in [0.3, 0.4) is 0 Å². The summed E-state index contributed by atoms with van der Waals surface area (Å²) in [5, 5.41) is -0.264. The molecular weight excluding hydrogens is 360 g/mol. The van der Waals surface area contributed by atoms with Gasteiger partial charge in [0.15, 0.2) is 5.78 Å². The van der Waals surface area contributed by atoms with Gasteiger partial charge in [-0.3, -0.25) is 4.79 Å². The Morgan fingerprint density at radius 3 is 2.31 bits per heavy atom. The lowest BCUT2D eigenvalue weighted by atomic mass is 10.0. The molecule has 0 heterocycles. The van der Waals surface area contributed by atoms with Crippen molar-refractivity contribution in [2.75, 3.05) is 5.33 Å². The van der Waals surface area contributed by atoms with Crippen molar-refractivity contribution >= 4 is 37.6 Å². The third-order valence-electron chi connectivity index (χ3n) is 1.76. The summed E-state index contributed by atoms with van der Waals surface area (Å²) in [6, 6.07) is 1.13. The highest BCUT2D eigenvalue weighted by molar-refractivity contribution is 9.10. The summed E-state index contributed by atoms with van der Waals surface area (Å²) in [7, 11) is 0. The average molecular weight is 364 g/mol. The van der Waals surface area contributed by atoms with Crippen LogP contribution in [0.5, 0.6) is 0 Å². The van der Waals surface area contributed by atoms with Crippen molar-refractivity contribution in [2.45, 2.75) is 6.18 Å². The van der Waals surface area contributed by atoms with Gasteiger partial charge in [0.2, 0.25) is 0 Å². The molecule has 0 N–H and O–H groups in total. The largest absolute Gasteiger partial charge is 0.417 e. The Morgan fingerprint density at radius 1 is 1.31 bits per heavy atom. The van der Waals surface area contributed by atoms with E-state index in [0.29, 0.717) is 6.07 Å². The molecule has 1 nitrogen and oxygen atoms in total. The van der Waals surface area contributed by atoms with Gasteiger partial charge < -0.3 is 0 Å². The van der Waals surface area contributed by atoms with E-state index >= 15 is 0 Å². The summed E-state index contributed by atoms with van der Waals surface area (Å²) < 4.78 is 50.3. The number of Topliss-reactive ketones (excluding diaryl/α,β-unsaturated/α-hetero) is 1. The molecule has 0 saturated carbocycles. The van der Waals surface area contributed by atoms with Crippen LogP contribution in [0.2, 0.25) is 0 Å². The van der Waals surface area contributed by atoms with Crippen molar-refractivity contribution < 1.29 is 22.4 Å². The first-order valence-electron chi connectivity index (χ1n) is 3.92. The molecule has 1 rings (SSSR count). The van der Waals surface area contributed by atoms with Crippen LogP contribution < -0.4 is 0 Å². The number of alkyl halides is 4. The van der Waals surface area contributed by atoms with Gasteiger partial charge >= 0.3 is 6.18 Å². The predicted molar refractivity (Wildman–Crippen MR) is 57.2 cm³/mol. The molecule has 0 spiro atoms. The fraction of sp³-hybridized carbons (Fsp3) is 0.222. The molecule has 0 aliphatic heterocycles. The fourth-order valence-corrected chi connectivity index (χ4v) is 2.08. The van der Waals surface area contributed by atoms with Gasteiger partial charge in [-0.15, -0.1) is 0 Å². The number of benzene rings is 1. The van der Waals surface area contributed by atoms with E-state index in [-0.39, 0.29) is 9.80 Å². The lowest BCUT2D eigenvalue weighted by molar-refractivity contribution is -0.138. The molecular formula is C9H4Br2F4O. The number of rotatable bonds is 2. The van der Waals surface area contributed by atoms with Crippen molar-refractivity contribution in [3.8, 4) is 0 Å². The molecule has 16 heavy (non-hydrogen) atoms. The third-order valence-corrected chi connectivity index (χ3v) is 2.90. The molecule has 0 aromatic heterocycles. The summed E-state index contributed by atoms with van der Waals surface area (Å²) >= 11 is 5.52. The molecule has 0 aliphatic carbocycles. The maximum atomic E-state index is 12.9. The lowest BCUT2D eigenvalue weighted by Crippen LogP contribution is -2.15. The summed E-state index contributed by atoms with van der Waals surface area (Å²) in [5.74, 6) is -1.82. The first-order chi connectivity index (χ1) is 7.27. The highest BCUT2D eigenvalue weighted by atomic mass is 79.9. The van der Waals surface area contributed by atoms with Crippen LogP contribution in [-0.4, -0.2) is 11.1 Å². The number of ketones is 1. The van der Waals surface area contributed by atoms with Crippen LogP contribution in [-0.2, 0) is 6.18 Å². The number of carbonyl (C=O) groups excluding carboxylic acids is 1. The maximum Gasteiger partial charge on any atom is 0.417 e. The average Bonchev–Trinajstić information content (AvgIpc) is 2.14. The maximum absolute atomic E-state index is 12.9. The zero-order valence-electron chi connectivity index (χ0n) is 7.54. The smallest absolute Gasteiger partial charge is 0.293 e. The van der Waals surface area contributed by atoms with Gasteiger partial charge in [-0.05, 0) is 28.1 Å². The highest BCUT2D eigenvalue weighted by Gasteiger charge is 2.36. The summed E-state index contributed by atoms with van der Waals surface area (Å²) in [6.45, 7) is 0. The van der Waals surface area contributed by atoms with E-state index in [4.69, 9.17) is 0 Å². The molecule has 0 radical (unpaired) electrons. The monoisotopic (exact) mass is 362 g/mol. The van der Waals surface area contributed by atoms with Crippen molar-refractivity contribution in [3.05, 3.63) is 33.5 Å². The van der Waals surface area contributed by atoms with Gasteiger partial charge in [0.25, 0.3) is 0 Å².